The Labute approximate surface area is 140 Å². The van der Waals surface area contributed by atoms with Crippen molar-refractivity contribution < 1.29 is 28.5 Å². The second-order valence-corrected chi connectivity index (χ2v) is 4.90. The third-order valence-corrected chi connectivity index (χ3v) is 3.46. The molecule has 0 fully saturated rings. The van der Waals surface area contributed by atoms with Crippen LogP contribution in [0.25, 0.3) is 6.08 Å². The van der Waals surface area contributed by atoms with Gasteiger partial charge >= 0.3 is 5.97 Å². The Kier molecular flexibility index (Phi) is 5.89. The van der Waals surface area contributed by atoms with Crippen LogP contribution in [0, 0.1) is 0 Å². The Morgan fingerprint density at radius 3 is 2.54 bits per heavy atom. The van der Waals surface area contributed by atoms with Gasteiger partial charge in [-0.25, -0.2) is 4.79 Å². The van der Waals surface area contributed by atoms with Crippen LogP contribution >= 0.6 is 0 Å². The third kappa shape index (κ3) is 3.90. The fourth-order valence-electron chi connectivity index (χ4n) is 2.18. The van der Waals surface area contributed by atoms with E-state index in [1.165, 1.54) is 27.6 Å². The van der Waals surface area contributed by atoms with Gasteiger partial charge in [-0.2, -0.15) is 0 Å². The molecule has 2 rings (SSSR count). The van der Waals surface area contributed by atoms with Crippen molar-refractivity contribution in [2.24, 2.45) is 0 Å². The van der Waals surface area contributed by atoms with Crippen LogP contribution in [0.1, 0.15) is 12.5 Å². The van der Waals surface area contributed by atoms with Crippen LogP contribution in [0.2, 0.25) is 0 Å². The molecule has 0 saturated carbocycles. The van der Waals surface area contributed by atoms with Crippen LogP contribution in [0.5, 0.6) is 11.5 Å². The van der Waals surface area contributed by atoms with Gasteiger partial charge in [-0.1, -0.05) is 12.1 Å². The zero-order chi connectivity index (χ0) is 17.5. The van der Waals surface area contributed by atoms with Crippen LogP contribution in [0.3, 0.4) is 0 Å². The highest BCUT2D eigenvalue weighted by Gasteiger charge is 2.16. The lowest BCUT2D eigenvalue weighted by molar-refractivity contribution is -0.136. The predicted molar refractivity (Wildman–Crippen MR) is 88.4 cm³/mol. The van der Waals surface area contributed by atoms with E-state index in [0.29, 0.717) is 17.1 Å². The van der Waals surface area contributed by atoms with Crippen molar-refractivity contribution in [3.8, 4) is 11.5 Å². The van der Waals surface area contributed by atoms with E-state index in [4.69, 9.17) is 23.7 Å². The number of ether oxygens (including phenoxy) is 5. The Morgan fingerprint density at radius 2 is 1.88 bits per heavy atom. The number of carbonyl (C=O) groups is 1. The van der Waals surface area contributed by atoms with E-state index in [9.17, 15) is 4.79 Å². The van der Waals surface area contributed by atoms with E-state index < -0.39 is 5.97 Å². The minimum absolute atomic E-state index is 0.231. The number of hydrogen-bond donors (Lipinski definition) is 0. The highest BCUT2D eigenvalue weighted by molar-refractivity contribution is 5.93. The highest BCUT2D eigenvalue weighted by atomic mass is 16.7. The molecule has 1 aromatic carbocycles. The minimum atomic E-state index is -0.500. The Morgan fingerprint density at radius 1 is 1.12 bits per heavy atom. The zero-order valence-corrected chi connectivity index (χ0v) is 14.1. The maximum atomic E-state index is 11.9. The maximum absolute atomic E-state index is 11.9. The van der Waals surface area contributed by atoms with Crippen LogP contribution < -0.4 is 9.47 Å². The van der Waals surface area contributed by atoms with Gasteiger partial charge in [0.1, 0.15) is 11.3 Å². The molecule has 1 heterocycles. The molecule has 0 unspecified atom stereocenters. The standard InChI is InChI=1S/C18H20O6/c1-12(14(10-20-2)18(19)22-4)15(21-3)7-5-13-6-8-16-17(9-13)24-11-23-16/h5-10H,11H2,1-4H3/b7-5+,14-10+,15-12+. The molecule has 6 heteroatoms. The van der Waals surface area contributed by atoms with E-state index >= 15 is 0 Å². The second-order valence-electron chi connectivity index (χ2n) is 4.90. The number of benzene rings is 1. The molecule has 0 atom stereocenters. The van der Waals surface area contributed by atoms with Gasteiger partial charge in [0.15, 0.2) is 11.5 Å². The summed E-state index contributed by atoms with van der Waals surface area (Å²) < 4.78 is 25.7. The fourth-order valence-corrected chi connectivity index (χ4v) is 2.18. The SMILES string of the molecule is CO\C=C(C(=O)OC)/C(C)=C(\C=C\c1ccc2c(c1)OCO2)OC. The summed E-state index contributed by atoms with van der Waals surface area (Å²) in [5.41, 5.74) is 1.80. The zero-order valence-electron chi connectivity index (χ0n) is 14.1. The average Bonchev–Trinajstić information content (AvgIpc) is 3.07. The predicted octanol–water partition coefficient (Wildman–Crippen LogP) is 3.05. The Bertz CT molecular complexity index is 699. The molecule has 0 N–H and O–H groups in total. The number of rotatable bonds is 6. The highest BCUT2D eigenvalue weighted by Crippen LogP contribution is 2.33. The van der Waals surface area contributed by atoms with Gasteiger partial charge in [-0.15, -0.1) is 0 Å². The van der Waals surface area contributed by atoms with Gasteiger partial charge in [0.2, 0.25) is 6.79 Å². The molecule has 1 aliphatic rings. The first-order chi connectivity index (χ1) is 11.6. The first kappa shape index (κ1) is 17.5. The lowest BCUT2D eigenvalue weighted by Gasteiger charge is -2.10. The van der Waals surface area contributed by atoms with Crippen molar-refractivity contribution in [2.75, 3.05) is 28.1 Å². The molecule has 0 bridgehead atoms. The summed E-state index contributed by atoms with van der Waals surface area (Å²) in [6.45, 7) is 1.99. The largest absolute Gasteiger partial charge is 0.503 e. The van der Waals surface area contributed by atoms with Crippen LogP contribution in [0.4, 0.5) is 0 Å². The first-order valence-electron chi connectivity index (χ1n) is 7.25. The van der Waals surface area contributed by atoms with Gasteiger partial charge in [-0.05, 0) is 30.7 Å². The summed E-state index contributed by atoms with van der Waals surface area (Å²) in [6, 6.07) is 5.61. The number of methoxy groups -OCH3 is 3. The third-order valence-electron chi connectivity index (χ3n) is 3.46. The maximum Gasteiger partial charge on any atom is 0.341 e. The molecule has 0 aliphatic carbocycles. The van der Waals surface area contributed by atoms with Gasteiger partial charge in [0, 0.05) is 5.57 Å². The van der Waals surface area contributed by atoms with Crippen molar-refractivity contribution >= 4 is 12.0 Å². The summed E-state index contributed by atoms with van der Waals surface area (Å²) in [4.78, 5) is 11.9. The van der Waals surface area contributed by atoms with Gasteiger partial charge in [0.25, 0.3) is 0 Å². The molecule has 0 spiro atoms. The molecule has 0 amide bonds. The summed E-state index contributed by atoms with van der Waals surface area (Å²) >= 11 is 0. The Balaban J connectivity index is 2.29. The number of carbonyl (C=O) groups excluding carboxylic acids is 1. The smallest absolute Gasteiger partial charge is 0.341 e. The summed E-state index contributed by atoms with van der Waals surface area (Å²) in [5.74, 6) is 1.44. The van der Waals surface area contributed by atoms with Crippen LogP contribution in [0.15, 0.2) is 47.4 Å². The summed E-state index contributed by atoms with van der Waals surface area (Å²) in [5, 5.41) is 0. The van der Waals surface area contributed by atoms with Crippen molar-refractivity contribution in [1.29, 1.82) is 0 Å². The van der Waals surface area contributed by atoms with E-state index in [1.54, 1.807) is 13.0 Å². The number of esters is 1. The molecule has 0 saturated heterocycles. The van der Waals surface area contributed by atoms with Crippen LogP contribution in [-0.2, 0) is 19.0 Å². The quantitative estimate of drug-likeness (QED) is 0.345. The summed E-state index contributed by atoms with van der Waals surface area (Å²) in [7, 11) is 4.31. The van der Waals surface area contributed by atoms with Crippen LogP contribution in [-0.4, -0.2) is 34.1 Å². The number of fused-ring (bicyclic) bond motifs is 1. The lowest BCUT2D eigenvalue weighted by atomic mass is 10.1. The summed E-state index contributed by atoms with van der Waals surface area (Å²) in [6.07, 6.45) is 4.94. The first-order valence-corrected chi connectivity index (χ1v) is 7.25. The molecular formula is C18H20O6. The molecule has 128 valence electrons. The fraction of sp³-hybridized carbons (Fsp3) is 0.278. The van der Waals surface area contributed by atoms with Crippen molar-refractivity contribution in [1.82, 2.24) is 0 Å². The molecule has 0 aromatic heterocycles. The van der Waals surface area contributed by atoms with E-state index in [1.807, 2.05) is 24.3 Å². The van der Waals surface area contributed by atoms with Gasteiger partial charge < -0.3 is 23.7 Å². The number of hydrogen-bond acceptors (Lipinski definition) is 6. The van der Waals surface area contributed by atoms with Gasteiger partial charge in [-0.3, -0.25) is 0 Å². The normalized spacial score (nSPS) is 14.4. The topological polar surface area (TPSA) is 63.2 Å². The molecule has 0 radical (unpaired) electrons. The monoisotopic (exact) mass is 332 g/mol. The lowest BCUT2D eigenvalue weighted by Crippen LogP contribution is -2.08. The van der Waals surface area contributed by atoms with E-state index in [0.717, 1.165) is 11.3 Å². The van der Waals surface area contributed by atoms with Crippen molar-refractivity contribution in [2.45, 2.75) is 6.92 Å². The Hall–Kier alpha value is -2.89. The molecular weight excluding hydrogens is 312 g/mol. The van der Waals surface area contributed by atoms with Crippen molar-refractivity contribution in [3.05, 3.63) is 53.0 Å². The number of allylic oxidation sites excluding steroid dienone is 1. The van der Waals surface area contributed by atoms with Crippen molar-refractivity contribution in [3.63, 3.8) is 0 Å². The molecule has 24 heavy (non-hydrogen) atoms. The van der Waals surface area contributed by atoms with E-state index in [-0.39, 0.29) is 12.4 Å². The van der Waals surface area contributed by atoms with E-state index in [2.05, 4.69) is 0 Å². The molecule has 1 aliphatic heterocycles. The second kappa shape index (κ2) is 8.10. The average molecular weight is 332 g/mol. The van der Waals surface area contributed by atoms with Gasteiger partial charge in [0.05, 0.1) is 27.6 Å². The molecule has 1 aromatic rings. The molecule has 6 nitrogen and oxygen atoms in total. The minimum Gasteiger partial charge on any atom is -0.503 e.